The van der Waals surface area contributed by atoms with Gasteiger partial charge in [0.2, 0.25) is 0 Å². The minimum atomic E-state index is -0.703. The summed E-state index contributed by atoms with van der Waals surface area (Å²) in [6.45, 7) is 6.50. The molecule has 0 aliphatic carbocycles. The number of halogens is 1. The highest BCUT2D eigenvalue weighted by atomic mass is 35.5. The van der Waals surface area contributed by atoms with Crippen molar-refractivity contribution in [3.05, 3.63) is 35.1 Å². The van der Waals surface area contributed by atoms with E-state index in [0.717, 1.165) is 5.82 Å². The van der Waals surface area contributed by atoms with Crippen LogP contribution in [0.3, 0.4) is 0 Å². The largest absolute Gasteiger partial charge is 0.491 e. The lowest BCUT2D eigenvalue weighted by Crippen LogP contribution is -2.28. The standard InChI is InChI=1S/C14H19ClN4O2/c1-14(2,3)13-16-17-18-19(13)8-11(20)9-21-12-6-4-10(15)5-7-12/h4-7,11,20H,8-9H2,1-3H3/t11-/m0/s1. The Kier molecular flexibility index (Phi) is 4.80. The Balaban J connectivity index is 1.92. The third-order valence-electron chi connectivity index (χ3n) is 2.84. The van der Waals surface area contributed by atoms with Gasteiger partial charge in [-0.05, 0) is 34.7 Å². The van der Waals surface area contributed by atoms with Crippen LogP contribution in [0.15, 0.2) is 24.3 Å². The molecule has 0 aliphatic heterocycles. The number of nitrogens with zero attached hydrogens (tertiary/aromatic N) is 4. The van der Waals surface area contributed by atoms with Crippen LogP contribution in [0.4, 0.5) is 0 Å². The molecule has 7 heteroatoms. The zero-order chi connectivity index (χ0) is 15.5. The van der Waals surface area contributed by atoms with Gasteiger partial charge in [-0.25, -0.2) is 4.68 Å². The first kappa shape index (κ1) is 15.7. The molecule has 0 saturated heterocycles. The Morgan fingerprint density at radius 3 is 2.57 bits per heavy atom. The van der Waals surface area contributed by atoms with Gasteiger partial charge < -0.3 is 9.84 Å². The van der Waals surface area contributed by atoms with Crippen LogP contribution in [0.25, 0.3) is 0 Å². The smallest absolute Gasteiger partial charge is 0.156 e. The predicted octanol–water partition coefficient (Wildman–Crippen LogP) is 2.06. The fourth-order valence-corrected chi connectivity index (χ4v) is 1.97. The fourth-order valence-electron chi connectivity index (χ4n) is 1.84. The third-order valence-corrected chi connectivity index (χ3v) is 3.09. The van der Waals surface area contributed by atoms with Gasteiger partial charge in [0.05, 0.1) is 6.54 Å². The number of rotatable bonds is 5. The molecule has 21 heavy (non-hydrogen) atoms. The molecule has 1 N–H and O–H groups in total. The third kappa shape index (κ3) is 4.41. The van der Waals surface area contributed by atoms with Crippen LogP contribution in [0.1, 0.15) is 26.6 Å². The second-order valence-electron chi connectivity index (χ2n) is 5.85. The van der Waals surface area contributed by atoms with E-state index in [4.69, 9.17) is 16.3 Å². The zero-order valence-corrected chi connectivity index (χ0v) is 13.1. The summed E-state index contributed by atoms with van der Waals surface area (Å²) in [6.07, 6.45) is -0.703. The lowest BCUT2D eigenvalue weighted by Gasteiger charge is -2.19. The minimum absolute atomic E-state index is 0.158. The van der Waals surface area contributed by atoms with Gasteiger partial charge in [0.25, 0.3) is 0 Å². The highest BCUT2D eigenvalue weighted by Crippen LogP contribution is 2.19. The molecular weight excluding hydrogens is 292 g/mol. The lowest BCUT2D eigenvalue weighted by molar-refractivity contribution is 0.0871. The molecule has 0 unspecified atom stereocenters. The number of hydrogen-bond acceptors (Lipinski definition) is 5. The number of benzene rings is 1. The Bertz CT molecular complexity index is 577. The van der Waals surface area contributed by atoms with Gasteiger partial charge in [0, 0.05) is 10.4 Å². The second-order valence-corrected chi connectivity index (χ2v) is 6.29. The van der Waals surface area contributed by atoms with Crippen molar-refractivity contribution >= 4 is 11.6 Å². The van der Waals surface area contributed by atoms with Crippen molar-refractivity contribution < 1.29 is 9.84 Å². The van der Waals surface area contributed by atoms with E-state index in [1.807, 2.05) is 20.8 Å². The number of aliphatic hydroxyl groups excluding tert-OH is 1. The Morgan fingerprint density at radius 2 is 1.95 bits per heavy atom. The minimum Gasteiger partial charge on any atom is -0.491 e. The maximum absolute atomic E-state index is 10.1. The van der Waals surface area contributed by atoms with E-state index in [1.54, 1.807) is 28.9 Å². The van der Waals surface area contributed by atoms with Gasteiger partial charge in [-0.2, -0.15) is 0 Å². The molecule has 0 bridgehead atoms. The van der Waals surface area contributed by atoms with Crippen LogP contribution in [0, 0.1) is 0 Å². The van der Waals surface area contributed by atoms with Crippen LogP contribution >= 0.6 is 11.6 Å². The number of aliphatic hydroxyl groups is 1. The molecule has 1 aromatic carbocycles. The van der Waals surface area contributed by atoms with Crippen LogP contribution in [-0.2, 0) is 12.0 Å². The number of ether oxygens (including phenoxy) is 1. The molecule has 1 heterocycles. The van der Waals surface area contributed by atoms with E-state index in [1.165, 1.54) is 0 Å². The van der Waals surface area contributed by atoms with E-state index < -0.39 is 6.10 Å². The van der Waals surface area contributed by atoms with Crippen LogP contribution in [0.5, 0.6) is 5.75 Å². The maximum atomic E-state index is 10.1. The normalized spacial score (nSPS) is 13.2. The van der Waals surface area contributed by atoms with Crippen molar-refractivity contribution in [1.82, 2.24) is 20.2 Å². The summed E-state index contributed by atoms with van der Waals surface area (Å²) in [4.78, 5) is 0. The van der Waals surface area contributed by atoms with Crippen molar-refractivity contribution in [3.8, 4) is 5.75 Å². The summed E-state index contributed by atoms with van der Waals surface area (Å²) in [5, 5.41) is 22.3. The first-order chi connectivity index (χ1) is 9.86. The van der Waals surface area contributed by atoms with Gasteiger partial charge in [-0.1, -0.05) is 32.4 Å². The molecule has 6 nitrogen and oxygen atoms in total. The monoisotopic (exact) mass is 310 g/mol. The molecule has 2 rings (SSSR count). The summed E-state index contributed by atoms with van der Waals surface area (Å²) in [5.41, 5.74) is -0.180. The van der Waals surface area contributed by atoms with Gasteiger partial charge in [-0.3, -0.25) is 0 Å². The van der Waals surface area contributed by atoms with Crippen LogP contribution in [0.2, 0.25) is 5.02 Å². The molecule has 2 aromatic rings. The highest BCUT2D eigenvalue weighted by molar-refractivity contribution is 6.30. The second kappa shape index (κ2) is 6.41. The van der Waals surface area contributed by atoms with E-state index in [2.05, 4.69) is 15.5 Å². The van der Waals surface area contributed by atoms with E-state index in [9.17, 15) is 5.11 Å². The van der Waals surface area contributed by atoms with Crippen molar-refractivity contribution in [2.75, 3.05) is 6.61 Å². The van der Waals surface area contributed by atoms with Crippen molar-refractivity contribution in [1.29, 1.82) is 0 Å². The Labute approximate surface area is 128 Å². The number of hydrogen-bond donors (Lipinski definition) is 1. The first-order valence-corrected chi connectivity index (χ1v) is 7.07. The van der Waals surface area contributed by atoms with Crippen molar-refractivity contribution in [2.24, 2.45) is 0 Å². The van der Waals surface area contributed by atoms with Crippen LogP contribution in [-0.4, -0.2) is 38.0 Å². The van der Waals surface area contributed by atoms with Gasteiger partial charge in [0.15, 0.2) is 5.82 Å². The summed E-state index contributed by atoms with van der Waals surface area (Å²) < 4.78 is 7.11. The molecule has 114 valence electrons. The zero-order valence-electron chi connectivity index (χ0n) is 12.3. The molecule has 0 spiro atoms. The summed E-state index contributed by atoms with van der Waals surface area (Å²) in [6, 6.07) is 6.99. The van der Waals surface area contributed by atoms with E-state index >= 15 is 0 Å². The van der Waals surface area contributed by atoms with E-state index in [0.29, 0.717) is 10.8 Å². The molecule has 0 radical (unpaired) electrons. The molecule has 1 atom stereocenters. The van der Waals surface area contributed by atoms with Gasteiger partial charge in [-0.15, -0.1) is 5.10 Å². The molecule has 0 saturated carbocycles. The van der Waals surface area contributed by atoms with Crippen molar-refractivity contribution in [2.45, 2.75) is 38.8 Å². The predicted molar refractivity (Wildman–Crippen MR) is 79.5 cm³/mol. The topological polar surface area (TPSA) is 73.1 Å². The van der Waals surface area contributed by atoms with Crippen molar-refractivity contribution in [3.63, 3.8) is 0 Å². The first-order valence-electron chi connectivity index (χ1n) is 6.69. The Hall–Kier alpha value is -1.66. The average Bonchev–Trinajstić information content (AvgIpc) is 2.86. The highest BCUT2D eigenvalue weighted by Gasteiger charge is 2.23. The SMILES string of the molecule is CC(C)(C)c1nnnn1C[C@H](O)COc1ccc(Cl)cc1. The summed E-state index contributed by atoms with van der Waals surface area (Å²) >= 11 is 5.80. The van der Waals surface area contributed by atoms with E-state index in [-0.39, 0.29) is 18.6 Å². The molecule has 0 amide bonds. The molecule has 0 aliphatic rings. The molecular formula is C14H19ClN4O2. The Morgan fingerprint density at radius 1 is 1.29 bits per heavy atom. The summed E-state index contributed by atoms with van der Waals surface area (Å²) in [5.74, 6) is 1.39. The lowest BCUT2D eigenvalue weighted by atomic mass is 9.96. The number of aromatic nitrogens is 4. The average molecular weight is 311 g/mol. The van der Waals surface area contributed by atoms with Crippen LogP contribution < -0.4 is 4.74 Å². The summed E-state index contributed by atoms with van der Waals surface area (Å²) in [7, 11) is 0. The maximum Gasteiger partial charge on any atom is 0.156 e. The molecule has 1 aromatic heterocycles. The fraction of sp³-hybridized carbons (Fsp3) is 0.500. The van der Waals surface area contributed by atoms with Gasteiger partial charge in [0.1, 0.15) is 18.5 Å². The molecule has 0 fully saturated rings. The number of tetrazole rings is 1. The van der Waals surface area contributed by atoms with Gasteiger partial charge >= 0.3 is 0 Å². The quantitative estimate of drug-likeness (QED) is 0.915.